The van der Waals surface area contributed by atoms with E-state index in [4.69, 9.17) is 10.00 Å². The lowest BCUT2D eigenvalue weighted by molar-refractivity contribution is -0.123. The Labute approximate surface area is 126 Å². The predicted octanol–water partition coefficient (Wildman–Crippen LogP) is 1.84. The summed E-state index contributed by atoms with van der Waals surface area (Å²) < 4.78 is 5.20. The Hall–Kier alpha value is -2.06. The van der Waals surface area contributed by atoms with Gasteiger partial charge in [0.1, 0.15) is 11.8 Å². The molecule has 0 aromatic heterocycles. The quantitative estimate of drug-likeness (QED) is 0.766. The van der Waals surface area contributed by atoms with E-state index in [-0.39, 0.29) is 18.6 Å². The summed E-state index contributed by atoms with van der Waals surface area (Å²) in [6.45, 7) is 4.85. The molecule has 1 aromatic rings. The molecular weight excluding hydrogens is 266 g/mol. The number of carbonyl (C=O) groups is 1. The molecule has 1 rings (SSSR count). The van der Waals surface area contributed by atoms with Crippen LogP contribution in [0.2, 0.25) is 0 Å². The second kappa shape index (κ2) is 8.98. The van der Waals surface area contributed by atoms with Crippen LogP contribution in [0.4, 0.5) is 0 Å². The zero-order valence-corrected chi connectivity index (χ0v) is 12.8. The summed E-state index contributed by atoms with van der Waals surface area (Å²) in [5.74, 6) is 1.13. The number of nitrogens with one attached hydrogen (secondary N) is 2. The Morgan fingerprint density at radius 1 is 1.33 bits per heavy atom. The molecule has 0 aliphatic heterocycles. The highest BCUT2D eigenvalue weighted by atomic mass is 16.5. The van der Waals surface area contributed by atoms with Crippen molar-refractivity contribution in [2.75, 3.05) is 13.7 Å². The van der Waals surface area contributed by atoms with E-state index in [1.54, 1.807) is 7.05 Å². The minimum Gasteiger partial charge on any atom is -0.479 e. The number of nitrogens with zero attached hydrogens (tertiary/aromatic N) is 1. The van der Waals surface area contributed by atoms with Crippen LogP contribution >= 0.6 is 0 Å². The molecular formula is C16H23N3O2. The molecule has 0 aliphatic rings. The third kappa shape index (κ3) is 6.28. The Balaban J connectivity index is 2.55. The highest BCUT2D eigenvalue weighted by molar-refractivity contribution is 5.81. The molecule has 0 aliphatic carbocycles. The number of likely N-dealkylation sites (N-methyl/N-ethyl adjacent to an activating group) is 1. The number of nitriles is 1. The molecule has 114 valence electrons. The van der Waals surface area contributed by atoms with Crippen molar-refractivity contribution in [2.24, 2.45) is 5.92 Å². The topological polar surface area (TPSA) is 74.2 Å². The Kier molecular flexibility index (Phi) is 7.27. The van der Waals surface area contributed by atoms with Crippen molar-refractivity contribution in [3.05, 3.63) is 29.8 Å². The maximum atomic E-state index is 11.8. The van der Waals surface area contributed by atoms with E-state index in [0.29, 0.717) is 18.2 Å². The first kappa shape index (κ1) is 17.0. The standard InChI is InChI=1S/C16H23N3O2/c1-12(2)10-15(16(20)18-3)19-11-13-4-6-14(7-5-13)21-9-8-17/h4-7,12,15,19H,9-11H2,1-3H3,(H,18,20). The average Bonchev–Trinajstić information content (AvgIpc) is 2.49. The van der Waals surface area contributed by atoms with Crippen molar-refractivity contribution in [2.45, 2.75) is 32.9 Å². The van der Waals surface area contributed by atoms with Crippen LogP contribution < -0.4 is 15.4 Å². The Morgan fingerprint density at radius 2 is 2.00 bits per heavy atom. The molecule has 0 heterocycles. The maximum Gasteiger partial charge on any atom is 0.236 e. The number of ether oxygens (including phenoxy) is 1. The first-order valence-electron chi connectivity index (χ1n) is 7.10. The van der Waals surface area contributed by atoms with Crippen LogP contribution in [0.5, 0.6) is 5.75 Å². The van der Waals surface area contributed by atoms with Gasteiger partial charge >= 0.3 is 0 Å². The van der Waals surface area contributed by atoms with E-state index >= 15 is 0 Å². The molecule has 1 atom stereocenters. The monoisotopic (exact) mass is 289 g/mol. The van der Waals surface area contributed by atoms with Gasteiger partial charge in [-0.2, -0.15) is 5.26 Å². The van der Waals surface area contributed by atoms with Crippen LogP contribution in [-0.2, 0) is 11.3 Å². The van der Waals surface area contributed by atoms with Crippen LogP contribution in [0.25, 0.3) is 0 Å². The van der Waals surface area contributed by atoms with Crippen LogP contribution in [-0.4, -0.2) is 25.6 Å². The van der Waals surface area contributed by atoms with E-state index in [1.165, 1.54) is 0 Å². The highest BCUT2D eigenvalue weighted by Gasteiger charge is 2.17. The number of amides is 1. The number of rotatable bonds is 8. The van der Waals surface area contributed by atoms with E-state index in [0.717, 1.165) is 12.0 Å². The summed E-state index contributed by atoms with van der Waals surface area (Å²) in [5, 5.41) is 14.4. The Bertz CT molecular complexity index is 477. The molecule has 0 saturated carbocycles. The van der Waals surface area contributed by atoms with Gasteiger partial charge < -0.3 is 15.4 Å². The first-order chi connectivity index (χ1) is 10.1. The van der Waals surface area contributed by atoms with E-state index in [9.17, 15) is 4.79 Å². The number of hydrogen-bond acceptors (Lipinski definition) is 4. The van der Waals surface area contributed by atoms with Gasteiger partial charge in [0.15, 0.2) is 6.61 Å². The molecule has 1 aromatic carbocycles. The summed E-state index contributed by atoms with van der Waals surface area (Å²) in [5.41, 5.74) is 1.07. The lowest BCUT2D eigenvalue weighted by Crippen LogP contribution is -2.43. The zero-order valence-electron chi connectivity index (χ0n) is 12.8. The lowest BCUT2D eigenvalue weighted by atomic mass is 10.0. The summed E-state index contributed by atoms with van der Waals surface area (Å²) in [4.78, 5) is 11.8. The van der Waals surface area contributed by atoms with Crippen molar-refractivity contribution >= 4 is 5.91 Å². The van der Waals surface area contributed by atoms with Crippen molar-refractivity contribution in [1.82, 2.24) is 10.6 Å². The van der Waals surface area contributed by atoms with Crippen LogP contribution in [0.3, 0.4) is 0 Å². The molecule has 0 bridgehead atoms. The van der Waals surface area contributed by atoms with Gasteiger partial charge in [0.2, 0.25) is 5.91 Å². The number of hydrogen-bond donors (Lipinski definition) is 2. The normalized spacial score (nSPS) is 11.8. The van der Waals surface area contributed by atoms with Crippen molar-refractivity contribution in [1.29, 1.82) is 5.26 Å². The molecule has 0 saturated heterocycles. The fraction of sp³-hybridized carbons (Fsp3) is 0.500. The fourth-order valence-electron chi connectivity index (χ4n) is 1.99. The molecule has 1 amide bonds. The molecule has 1 unspecified atom stereocenters. The minimum absolute atomic E-state index is 0.0117. The average molecular weight is 289 g/mol. The van der Waals surface area contributed by atoms with E-state index in [1.807, 2.05) is 30.3 Å². The third-order valence-corrected chi connectivity index (χ3v) is 3.05. The fourth-order valence-corrected chi connectivity index (χ4v) is 1.99. The van der Waals surface area contributed by atoms with Gasteiger partial charge in [0.25, 0.3) is 0 Å². The molecule has 0 fully saturated rings. The smallest absolute Gasteiger partial charge is 0.236 e. The van der Waals surface area contributed by atoms with Crippen molar-refractivity contribution in [3.8, 4) is 11.8 Å². The zero-order chi connectivity index (χ0) is 15.7. The summed E-state index contributed by atoms with van der Waals surface area (Å²) >= 11 is 0. The SMILES string of the molecule is CNC(=O)C(CC(C)C)NCc1ccc(OCC#N)cc1. The van der Waals surface area contributed by atoms with Crippen molar-refractivity contribution in [3.63, 3.8) is 0 Å². The van der Waals surface area contributed by atoms with Gasteiger partial charge in [0.05, 0.1) is 6.04 Å². The van der Waals surface area contributed by atoms with Gasteiger partial charge in [-0.15, -0.1) is 0 Å². The van der Waals surface area contributed by atoms with Gasteiger partial charge in [-0.25, -0.2) is 0 Å². The summed E-state index contributed by atoms with van der Waals surface area (Å²) in [6.07, 6.45) is 0.795. The van der Waals surface area contributed by atoms with Crippen LogP contribution in [0.15, 0.2) is 24.3 Å². The molecule has 0 radical (unpaired) electrons. The van der Waals surface area contributed by atoms with E-state index < -0.39 is 0 Å². The van der Waals surface area contributed by atoms with Gasteiger partial charge in [-0.3, -0.25) is 4.79 Å². The predicted molar refractivity (Wildman–Crippen MR) is 81.7 cm³/mol. The first-order valence-corrected chi connectivity index (χ1v) is 7.10. The molecule has 0 spiro atoms. The number of benzene rings is 1. The van der Waals surface area contributed by atoms with Crippen LogP contribution in [0, 0.1) is 17.2 Å². The second-order valence-electron chi connectivity index (χ2n) is 5.27. The Morgan fingerprint density at radius 3 is 2.52 bits per heavy atom. The molecule has 21 heavy (non-hydrogen) atoms. The van der Waals surface area contributed by atoms with Gasteiger partial charge in [0, 0.05) is 13.6 Å². The second-order valence-corrected chi connectivity index (χ2v) is 5.27. The lowest BCUT2D eigenvalue weighted by Gasteiger charge is -2.19. The largest absolute Gasteiger partial charge is 0.479 e. The number of carbonyl (C=O) groups excluding carboxylic acids is 1. The van der Waals surface area contributed by atoms with Gasteiger partial charge in [-0.1, -0.05) is 26.0 Å². The van der Waals surface area contributed by atoms with Crippen molar-refractivity contribution < 1.29 is 9.53 Å². The molecule has 5 nitrogen and oxygen atoms in total. The minimum atomic E-state index is -0.190. The molecule has 2 N–H and O–H groups in total. The third-order valence-electron chi connectivity index (χ3n) is 3.05. The molecule has 5 heteroatoms. The summed E-state index contributed by atoms with van der Waals surface area (Å²) in [7, 11) is 1.65. The van der Waals surface area contributed by atoms with E-state index in [2.05, 4.69) is 24.5 Å². The van der Waals surface area contributed by atoms with Crippen LogP contribution in [0.1, 0.15) is 25.8 Å². The van der Waals surface area contributed by atoms with Gasteiger partial charge in [-0.05, 0) is 30.0 Å². The highest BCUT2D eigenvalue weighted by Crippen LogP contribution is 2.12. The summed E-state index contributed by atoms with van der Waals surface area (Å²) in [6, 6.07) is 9.24. The maximum absolute atomic E-state index is 11.8.